The van der Waals surface area contributed by atoms with Crippen molar-refractivity contribution in [2.45, 2.75) is 45.4 Å². The van der Waals surface area contributed by atoms with Crippen LogP contribution in [0.25, 0.3) is 0 Å². The molecule has 0 aromatic heterocycles. The van der Waals surface area contributed by atoms with Crippen molar-refractivity contribution in [2.75, 3.05) is 20.3 Å². The summed E-state index contributed by atoms with van der Waals surface area (Å²) in [6.45, 7) is 5.60. The zero-order chi connectivity index (χ0) is 23.9. The number of rotatable bonds is 10. The van der Waals surface area contributed by atoms with E-state index in [1.807, 2.05) is 54.6 Å². The van der Waals surface area contributed by atoms with Gasteiger partial charge in [0.25, 0.3) is 0 Å². The fraction of sp³-hybridized carbons (Fsp3) is 0.345. The largest absolute Gasteiger partial charge is 0.493 e. The molecular weight excluding hydrogens is 428 g/mol. The number of unbranched alkanes of at least 4 members (excludes halogenated alkanes) is 2. The average Bonchev–Trinajstić information content (AvgIpc) is 2.87. The summed E-state index contributed by atoms with van der Waals surface area (Å²) in [5.74, 6) is 2.43. The van der Waals surface area contributed by atoms with Crippen LogP contribution in [0.3, 0.4) is 0 Å². The van der Waals surface area contributed by atoms with Gasteiger partial charge in [-0.1, -0.05) is 57.0 Å². The third-order valence-corrected chi connectivity index (χ3v) is 6.02. The van der Waals surface area contributed by atoms with Gasteiger partial charge in [0.1, 0.15) is 23.0 Å². The summed E-state index contributed by atoms with van der Waals surface area (Å²) in [6.07, 6.45) is 4.13. The van der Waals surface area contributed by atoms with Gasteiger partial charge < -0.3 is 18.9 Å². The standard InChI is InChI=1S/C29H32O5/c1-4-6-16-32-20-12-14-24-26(18-20)34-27-19-21(33-17-7-5-2)13-15-25(27)28(24)22-10-8-9-11-23(22)29(30)31-3/h8-15,18-19,28H,4-7,16-17H2,1-3H3. The molecule has 0 spiro atoms. The highest BCUT2D eigenvalue weighted by molar-refractivity contribution is 5.92. The zero-order valence-corrected chi connectivity index (χ0v) is 20.1. The maximum absolute atomic E-state index is 12.6. The van der Waals surface area contributed by atoms with Crippen LogP contribution in [0.5, 0.6) is 23.0 Å². The summed E-state index contributed by atoms with van der Waals surface area (Å²) in [5, 5.41) is 0. The van der Waals surface area contributed by atoms with Crippen LogP contribution in [0, 0.1) is 0 Å². The molecule has 0 saturated heterocycles. The normalized spacial score (nSPS) is 12.3. The van der Waals surface area contributed by atoms with E-state index in [2.05, 4.69) is 13.8 Å². The Morgan fingerprint density at radius 3 is 1.88 bits per heavy atom. The van der Waals surface area contributed by atoms with E-state index in [0.717, 1.165) is 65.4 Å². The molecule has 0 aliphatic carbocycles. The van der Waals surface area contributed by atoms with E-state index in [1.165, 1.54) is 7.11 Å². The average molecular weight is 461 g/mol. The van der Waals surface area contributed by atoms with Crippen molar-refractivity contribution in [3.63, 3.8) is 0 Å². The smallest absolute Gasteiger partial charge is 0.338 e. The maximum Gasteiger partial charge on any atom is 0.338 e. The van der Waals surface area contributed by atoms with Crippen molar-refractivity contribution in [3.8, 4) is 23.0 Å². The summed E-state index contributed by atoms with van der Waals surface area (Å²) >= 11 is 0. The van der Waals surface area contributed by atoms with Gasteiger partial charge in [-0.2, -0.15) is 0 Å². The Labute approximate surface area is 201 Å². The Balaban J connectivity index is 1.79. The lowest BCUT2D eigenvalue weighted by Gasteiger charge is -2.30. The highest BCUT2D eigenvalue weighted by Crippen LogP contribution is 2.50. The summed E-state index contributed by atoms with van der Waals surface area (Å²) in [4.78, 5) is 12.6. The molecule has 3 aromatic carbocycles. The molecule has 0 bridgehead atoms. The number of carbonyl (C=O) groups is 1. The molecule has 0 amide bonds. The first-order chi connectivity index (χ1) is 16.7. The molecule has 1 aliphatic rings. The van der Waals surface area contributed by atoms with Gasteiger partial charge in [0.05, 0.1) is 25.9 Å². The summed E-state index contributed by atoms with van der Waals surface area (Å²) < 4.78 is 23.3. The highest BCUT2D eigenvalue weighted by atomic mass is 16.5. The fourth-order valence-corrected chi connectivity index (χ4v) is 4.20. The number of benzene rings is 3. The second-order valence-electron chi connectivity index (χ2n) is 8.42. The third-order valence-electron chi connectivity index (χ3n) is 6.02. The van der Waals surface area contributed by atoms with Gasteiger partial charge in [-0.05, 0) is 36.6 Å². The minimum absolute atomic E-state index is 0.191. The van der Waals surface area contributed by atoms with Crippen molar-refractivity contribution < 1.29 is 23.7 Å². The minimum Gasteiger partial charge on any atom is -0.493 e. The van der Waals surface area contributed by atoms with Crippen LogP contribution < -0.4 is 14.2 Å². The lowest BCUT2D eigenvalue weighted by atomic mass is 9.80. The van der Waals surface area contributed by atoms with E-state index < -0.39 is 0 Å². The number of carbonyl (C=O) groups excluding carboxylic acids is 1. The SMILES string of the molecule is CCCCOc1ccc2c(c1)Oc1cc(OCCCC)ccc1C2c1ccccc1C(=O)OC. The van der Waals surface area contributed by atoms with Crippen LogP contribution in [0.15, 0.2) is 60.7 Å². The Bertz CT molecular complexity index is 1080. The molecule has 5 heteroatoms. The van der Waals surface area contributed by atoms with Crippen LogP contribution >= 0.6 is 0 Å². The lowest BCUT2D eigenvalue weighted by Crippen LogP contribution is -2.16. The second-order valence-corrected chi connectivity index (χ2v) is 8.42. The molecular formula is C29H32O5. The number of methoxy groups -OCH3 is 1. The molecule has 0 radical (unpaired) electrons. The second kappa shape index (κ2) is 11.1. The molecule has 5 nitrogen and oxygen atoms in total. The molecule has 0 N–H and O–H groups in total. The Morgan fingerprint density at radius 1 is 0.794 bits per heavy atom. The monoisotopic (exact) mass is 460 g/mol. The first kappa shape index (κ1) is 23.7. The van der Waals surface area contributed by atoms with E-state index in [9.17, 15) is 4.79 Å². The number of fused-ring (bicyclic) bond motifs is 2. The van der Waals surface area contributed by atoms with E-state index >= 15 is 0 Å². The zero-order valence-electron chi connectivity index (χ0n) is 20.1. The van der Waals surface area contributed by atoms with Crippen LogP contribution in [0.1, 0.15) is 72.5 Å². The molecule has 0 unspecified atom stereocenters. The van der Waals surface area contributed by atoms with Gasteiger partial charge in [0.15, 0.2) is 0 Å². The van der Waals surface area contributed by atoms with Gasteiger partial charge in [0.2, 0.25) is 0 Å². The predicted octanol–water partition coefficient (Wildman–Crippen LogP) is 7.12. The fourth-order valence-electron chi connectivity index (χ4n) is 4.20. The number of esters is 1. The quantitative estimate of drug-likeness (QED) is 0.186. The molecule has 0 saturated carbocycles. The molecule has 1 aliphatic heterocycles. The van der Waals surface area contributed by atoms with Crippen LogP contribution in [-0.2, 0) is 4.74 Å². The Morgan fingerprint density at radius 2 is 1.35 bits per heavy atom. The van der Waals surface area contributed by atoms with Crippen LogP contribution in [0.4, 0.5) is 0 Å². The molecule has 3 aromatic rings. The minimum atomic E-state index is -0.357. The molecule has 1 heterocycles. The van der Waals surface area contributed by atoms with E-state index in [4.69, 9.17) is 18.9 Å². The van der Waals surface area contributed by atoms with Crippen LogP contribution in [-0.4, -0.2) is 26.3 Å². The topological polar surface area (TPSA) is 54.0 Å². The molecule has 178 valence electrons. The third kappa shape index (κ3) is 5.04. The number of hydrogen-bond acceptors (Lipinski definition) is 5. The van der Waals surface area contributed by atoms with E-state index in [0.29, 0.717) is 18.8 Å². The van der Waals surface area contributed by atoms with Crippen molar-refractivity contribution in [2.24, 2.45) is 0 Å². The summed E-state index contributed by atoms with van der Waals surface area (Å²) in [5.41, 5.74) is 3.37. The molecule has 0 atom stereocenters. The van der Waals surface area contributed by atoms with Gasteiger partial charge in [-0.15, -0.1) is 0 Å². The Hall–Kier alpha value is -3.47. The maximum atomic E-state index is 12.6. The number of hydrogen-bond donors (Lipinski definition) is 0. The van der Waals surface area contributed by atoms with E-state index in [1.54, 1.807) is 6.07 Å². The van der Waals surface area contributed by atoms with Gasteiger partial charge >= 0.3 is 5.97 Å². The van der Waals surface area contributed by atoms with Gasteiger partial charge in [-0.25, -0.2) is 4.79 Å². The molecule has 34 heavy (non-hydrogen) atoms. The van der Waals surface area contributed by atoms with Crippen molar-refractivity contribution in [1.82, 2.24) is 0 Å². The van der Waals surface area contributed by atoms with Gasteiger partial charge in [-0.3, -0.25) is 0 Å². The predicted molar refractivity (Wildman–Crippen MR) is 132 cm³/mol. The van der Waals surface area contributed by atoms with E-state index in [-0.39, 0.29) is 11.9 Å². The number of ether oxygens (including phenoxy) is 4. The first-order valence-electron chi connectivity index (χ1n) is 12.0. The van der Waals surface area contributed by atoms with Crippen LogP contribution in [0.2, 0.25) is 0 Å². The van der Waals surface area contributed by atoms with Gasteiger partial charge in [0, 0.05) is 29.2 Å². The molecule has 4 rings (SSSR count). The lowest BCUT2D eigenvalue weighted by molar-refractivity contribution is 0.0599. The Kier molecular flexibility index (Phi) is 7.73. The first-order valence-corrected chi connectivity index (χ1v) is 12.0. The molecule has 0 fully saturated rings. The van der Waals surface area contributed by atoms with Crippen molar-refractivity contribution in [1.29, 1.82) is 0 Å². The summed E-state index contributed by atoms with van der Waals surface area (Å²) in [6, 6.07) is 19.5. The van der Waals surface area contributed by atoms with Crippen molar-refractivity contribution >= 4 is 5.97 Å². The highest BCUT2D eigenvalue weighted by Gasteiger charge is 2.32. The van der Waals surface area contributed by atoms with Crippen molar-refractivity contribution in [3.05, 3.63) is 82.9 Å². The summed E-state index contributed by atoms with van der Waals surface area (Å²) in [7, 11) is 1.41.